The molecule has 2 aromatic rings. The minimum atomic E-state index is -0.737. The highest BCUT2D eigenvalue weighted by molar-refractivity contribution is 6.21. The molecule has 0 saturated heterocycles. The van der Waals surface area contributed by atoms with E-state index in [0.717, 1.165) is 43.9 Å². The lowest BCUT2D eigenvalue weighted by Gasteiger charge is -2.42. The van der Waals surface area contributed by atoms with E-state index >= 15 is 0 Å². The minimum absolute atomic E-state index is 0.0230. The molecule has 2 aliphatic rings. The van der Waals surface area contributed by atoms with Gasteiger partial charge in [0.2, 0.25) is 11.8 Å². The van der Waals surface area contributed by atoms with Gasteiger partial charge in [0.15, 0.2) is 0 Å². The molecule has 2 amide bonds. The van der Waals surface area contributed by atoms with Crippen molar-refractivity contribution in [2.75, 3.05) is 31.3 Å². The fourth-order valence-corrected chi connectivity index (χ4v) is 5.44. The van der Waals surface area contributed by atoms with Crippen LogP contribution in [0, 0.1) is 17.6 Å². The number of carbonyl (C=O) groups is 2. The summed E-state index contributed by atoms with van der Waals surface area (Å²) in [5.74, 6) is -0.849. The van der Waals surface area contributed by atoms with Gasteiger partial charge in [-0.3, -0.25) is 19.5 Å². The Kier molecular flexibility index (Phi) is 9.67. The lowest BCUT2D eigenvalue weighted by atomic mass is 9.82. The molecule has 0 bridgehead atoms. The third-order valence-electron chi connectivity index (χ3n) is 7.32. The number of ether oxygens (including phenoxy) is 2. The normalized spacial score (nSPS) is 19.8. The second-order valence-electron chi connectivity index (χ2n) is 9.96. The number of amidine groups is 1. The molecule has 1 aliphatic heterocycles. The van der Waals surface area contributed by atoms with Crippen LogP contribution in [0.1, 0.15) is 52.0 Å². The van der Waals surface area contributed by atoms with Crippen LogP contribution in [0.3, 0.4) is 0 Å². The lowest BCUT2D eigenvalue weighted by Crippen LogP contribution is -2.58. The maximum absolute atomic E-state index is 13.9. The summed E-state index contributed by atoms with van der Waals surface area (Å²) in [6, 6.07) is 9.67. The molecule has 1 fully saturated rings. The standard InChI is InChI=1S/C30H37F2N3O4/c1-4-38-15-14-34(28(36)18-21-16-22(31)19-23(32)17-21)20(3)29-33-27-9-7-6-8-26(27)30(37)35(29)24-10-12-25(13-11-24)39-5-2/h10-13,16-17,19-20,26-27H,4-9,14-15,18H2,1-3H3. The Hall–Kier alpha value is -3.33. The molecular formula is C30H37F2N3O4. The van der Waals surface area contributed by atoms with E-state index in [-0.39, 0.29) is 48.9 Å². The number of fused-ring (bicyclic) bond motifs is 1. The Morgan fingerprint density at radius 2 is 1.77 bits per heavy atom. The molecule has 1 aliphatic carbocycles. The maximum atomic E-state index is 13.9. The first-order chi connectivity index (χ1) is 18.8. The number of aliphatic imine (C=N–C) groups is 1. The zero-order valence-electron chi connectivity index (χ0n) is 22.9. The molecule has 2 aromatic carbocycles. The highest BCUT2D eigenvalue weighted by Gasteiger charge is 2.43. The van der Waals surface area contributed by atoms with Gasteiger partial charge in [-0.1, -0.05) is 12.8 Å². The number of nitrogens with zero attached hydrogens (tertiary/aromatic N) is 3. The number of carbonyl (C=O) groups excluding carboxylic acids is 2. The predicted molar refractivity (Wildman–Crippen MR) is 146 cm³/mol. The zero-order chi connectivity index (χ0) is 27.9. The van der Waals surface area contributed by atoms with Crippen LogP contribution < -0.4 is 9.64 Å². The summed E-state index contributed by atoms with van der Waals surface area (Å²) in [6.45, 7) is 7.14. The second kappa shape index (κ2) is 13.2. The van der Waals surface area contributed by atoms with Crippen molar-refractivity contribution in [2.45, 2.75) is 65.0 Å². The van der Waals surface area contributed by atoms with Gasteiger partial charge in [0.25, 0.3) is 0 Å². The van der Waals surface area contributed by atoms with Gasteiger partial charge in [0.05, 0.1) is 43.3 Å². The average Bonchev–Trinajstić information content (AvgIpc) is 2.91. The molecule has 0 radical (unpaired) electrons. The average molecular weight is 542 g/mol. The van der Waals surface area contributed by atoms with E-state index in [1.807, 2.05) is 45.0 Å². The van der Waals surface area contributed by atoms with Crippen LogP contribution in [0.4, 0.5) is 14.5 Å². The third-order valence-corrected chi connectivity index (χ3v) is 7.32. The number of hydrogen-bond donors (Lipinski definition) is 0. The van der Waals surface area contributed by atoms with Crippen molar-refractivity contribution in [3.8, 4) is 5.75 Å². The third kappa shape index (κ3) is 6.82. The van der Waals surface area contributed by atoms with Crippen molar-refractivity contribution in [1.29, 1.82) is 0 Å². The number of rotatable bonds is 11. The van der Waals surface area contributed by atoms with E-state index in [4.69, 9.17) is 14.5 Å². The summed E-state index contributed by atoms with van der Waals surface area (Å²) in [5.41, 5.74) is 0.894. The molecule has 210 valence electrons. The maximum Gasteiger partial charge on any atom is 0.237 e. The SMILES string of the molecule is CCOCCN(C(=O)Cc1cc(F)cc(F)c1)C(C)C1=NC2CCCCC2C(=O)N1c1ccc(OCC)cc1. The molecule has 1 saturated carbocycles. The van der Waals surface area contributed by atoms with Crippen LogP contribution in [0.2, 0.25) is 0 Å². The molecule has 7 nitrogen and oxygen atoms in total. The number of amides is 2. The summed E-state index contributed by atoms with van der Waals surface area (Å²) >= 11 is 0. The van der Waals surface area contributed by atoms with Crippen LogP contribution in [0.25, 0.3) is 0 Å². The van der Waals surface area contributed by atoms with Crippen molar-refractivity contribution in [3.63, 3.8) is 0 Å². The van der Waals surface area contributed by atoms with E-state index in [2.05, 4.69) is 0 Å². The Morgan fingerprint density at radius 1 is 1.08 bits per heavy atom. The molecule has 39 heavy (non-hydrogen) atoms. The van der Waals surface area contributed by atoms with E-state index < -0.39 is 17.7 Å². The fourth-order valence-electron chi connectivity index (χ4n) is 5.44. The molecule has 0 spiro atoms. The number of anilines is 1. The van der Waals surface area contributed by atoms with E-state index in [1.54, 1.807) is 9.80 Å². The Balaban J connectivity index is 1.69. The van der Waals surface area contributed by atoms with Crippen molar-refractivity contribution < 1.29 is 27.8 Å². The van der Waals surface area contributed by atoms with Crippen LogP contribution in [0.5, 0.6) is 5.75 Å². The van der Waals surface area contributed by atoms with Gasteiger partial charge < -0.3 is 14.4 Å². The lowest BCUT2D eigenvalue weighted by molar-refractivity contribution is -0.132. The first-order valence-corrected chi connectivity index (χ1v) is 13.8. The molecule has 9 heteroatoms. The molecular weight excluding hydrogens is 504 g/mol. The molecule has 3 unspecified atom stereocenters. The topological polar surface area (TPSA) is 71.4 Å². The van der Waals surface area contributed by atoms with Crippen LogP contribution in [-0.2, 0) is 20.7 Å². The van der Waals surface area contributed by atoms with Crippen molar-refractivity contribution >= 4 is 23.3 Å². The quantitative estimate of drug-likeness (QED) is 0.369. The number of hydrogen-bond acceptors (Lipinski definition) is 5. The second-order valence-corrected chi connectivity index (χ2v) is 9.96. The Labute approximate surface area is 228 Å². The predicted octanol–water partition coefficient (Wildman–Crippen LogP) is 5.16. The summed E-state index contributed by atoms with van der Waals surface area (Å²) in [4.78, 5) is 35.8. The zero-order valence-corrected chi connectivity index (χ0v) is 22.9. The van der Waals surface area contributed by atoms with Gasteiger partial charge in [-0.25, -0.2) is 8.78 Å². The molecule has 1 heterocycles. The highest BCUT2D eigenvalue weighted by atomic mass is 19.1. The first-order valence-electron chi connectivity index (χ1n) is 13.8. The summed E-state index contributed by atoms with van der Waals surface area (Å²) in [5, 5.41) is 0. The van der Waals surface area contributed by atoms with Crippen LogP contribution in [-0.4, -0.2) is 61.0 Å². The first kappa shape index (κ1) is 28.7. The van der Waals surface area contributed by atoms with Gasteiger partial charge in [-0.15, -0.1) is 0 Å². The molecule has 3 atom stereocenters. The van der Waals surface area contributed by atoms with Gasteiger partial charge in [-0.05, 0) is 75.6 Å². The summed E-state index contributed by atoms with van der Waals surface area (Å²) in [6.07, 6.45) is 3.38. The Morgan fingerprint density at radius 3 is 2.44 bits per heavy atom. The smallest absolute Gasteiger partial charge is 0.237 e. The fraction of sp³-hybridized carbons (Fsp3) is 0.500. The highest BCUT2D eigenvalue weighted by Crippen LogP contribution is 2.35. The Bertz CT molecular complexity index is 1170. The molecule has 4 rings (SSSR count). The number of halogens is 2. The monoisotopic (exact) mass is 541 g/mol. The van der Waals surface area contributed by atoms with Crippen molar-refractivity contribution in [2.24, 2.45) is 10.9 Å². The number of benzene rings is 2. The van der Waals surface area contributed by atoms with Crippen molar-refractivity contribution in [3.05, 3.63) is 59.7 Å². The van der Waals surface area contributed by atoms with Gasteiger partial charge >= 0.3 is 0 Å². The largest absolute Gasteiger partial charge is 0.494 e. The van der Waals surface area contributed by atoms with Crippen LogP contribution >= 0.6 is 0 Å². The van der Waals surface area contributed by atoms with Gasteiger partial charge in [-0.2, -0.15) is 0 Å². The van der Waals surface area contributed by atoms with Gasteiger partial charge in [0, 0.05) is 19.2 Å². The van der Waals surface area contributed by atoms with E-state index in [1.165, 1.54) is 0 Å². The molecule has 0 aromatic heterocycles. The molecule has 0 N–H and O–H groups in total. The van der Waals surface area contributed by atoms with E-state index in [0.29, 0.717) is 30.5 Å². The summed E-state index contributed by atoms with van der Waals surface area (Å²) < 4.78 is 38.8. The minimum Gasteiger partial charge on any atom is -0.494 e. The van der Waals surface area contributed by atoms with E-state index in [9.17, 15) is 18.4 Å². The van der Waals surface area contributed by atoms with Crippen LogP contribution in [0.15, 0.2) is 47.5 Å². The van der Waals surface area contributed by atoms with Gasteiger partial charge in [0.1, 0.15) is 23.2 Å². The summed E-state index contributed by atoms with van der Waals surface area (Å²) in [7, 11) is 0. The van der Waals surface area contributed by atoms with Crippen molar-refractivity contribution in [1.82, 2.24) is 4.90 Å².